The van der Waals surface area contributed by atoms with Crippen LogP contribution in [0.1, 0.15) is 30.9 Å². The van der Waals surface area contributed by atoms with Gasteiger partial charge in [0.2, 0.25) is 11.8 Å². The highest BCUT2D eigenvalue weighted by molar-refractivity contribution is 6.24. The molecule has 38 heavy (non-hydrogen) atoms. The van der Waals surface area contributed by atoms with Crippen LogP contribution in [0.25, 0.3) is 0 Å². The zero-order valence-electron chi connectivity index (χ0n) is 22.5. The summed E-state index contributed by atoms with van der Waals surface area (Å²) < 4.78 is 11.6. The van der Waals surface area contributed by atoms with Crippen molar-refractivity contribution in [3.63, 3.8) is 0 Å². The number of anilines is 2. The van der Waals surface area contributed by atoms with E-state index in [4.69, 9.17) is 14.5 Å². The number of rotatable bonds is 10. The van der Waals surface area contributed by atoms with Crippen LogP contribution in [0.15, 0.2) is 71.7 Å². The van der Waals surface area contributed by atoms with Crippen molar-refractivity contribution >= 4 is 34.6 Å². The van der Waals surface area contributed by atoms with Crippen molar-refractivity contribution in [1.82, 2.24) is 4.90 Å². The van der Waals surface area contributed by atoms with Gasteiger partial charge in [-0.2, -0.15) is 0 Å². The van der Waals surface area contributed by atoms with E-state index in [0.29, 0.717) is 48.3 Å². The minimum absolute atomic E-state index is 0.00742. The number of carbonyl (C=O) groups is 2. The molecule has 0 bridgehead atoms. The van der Waals surface area contributed by atoms with Gasteiger partial charge in [-0.25, -0.2) is 0 Å². The third-order valence-corrected chi connectivity index (χ3v) is 6.20. The smallest absolute Gasteiger partial charge is 0.240 e. The summed E-state index contributed by atoms with van der Waals surface area (Å²) in [6, 6.07) is 20.8. The predicted molar refractivity (Wildman–Crippen MR) is 151 cm³/mol. The lowest BCUT2D eigenvalue weighted by Crippen LogP contribution is -2.34. The highest BCUT2D eigenvalue weighted by atomic mass is 16.5. The van der Waals surface area contributed by atoms with Gasteiger partial charge in [-0.1, -0.05) is 30.3 Å². The van der Waals surface area contributed by atoms with Crippen LogP contribution in [0, 0.1) is 0 Å². The lowest BCUT2D eigenvalue weighted by molar-refractivity contribution is -0.119. The Morgan fingerprint density at radius 2 is 1.55 bits per heavy atom. The Labute approximate surface area is 223 Å². The van der Waals surface area contributed by atoms with Gasteiger partial charge >= 0.3 is 0 Å². The number of likely N-dealkylation sites (N-methyl/N-ethyl adjacent to an activating group) is 2. The first-order chi connectivity index (χ1) is 18.3. The highest BCUT2D eigenvalue weighted by Gasteiger charge is 2.37. The molecule has 3 aromatic carbocycles. The molecule has 1 N–H and O–H groups in total. The van der Waals surface area contributed by atoms with E-state index in [1.165, 1.54) is 0 Å². The lowest BCUT2D eigenvalue weighted by Gasteiger charge is -2.20. The summed E-state index contributed by atoms with van der Waals surface area (Å²) >= 11 is 0. The van der Waals surface area contributed by atoms with Crippen LogP contribution >= 0.6 is 0 Å². The fourth-order valence-corrected chi connectivity index (χ4v) is 4.39. The standard InChI is InChI=1S/C30H34N4O4/c1-6-37-25-17-23-24(18-26(25)38-7-2)32-30(36)28(23)29(20-11-9-8-10-12-20)31-21-13-15-22(16-14-21)34(5)27(35)19-33(3)4/h8-18,28H,6-7,19H2,1-5H3,(H,32,36). The number of fused-ring (bicyclic) bond motifs is 1. The Bertz CT molecular complexity index is 1320. The van der Waals surface area contributed by atoms with Crippen molar-refractivity contribution in [3.05, 3.63) is 77.9 Å². The topological polar surface area (TPSA) is 83.5 Å². The molecule has 0 radical (unpaired) electrons. The number of nitrogens with zero attached hydrogens (tertiary/aromatic N) is 3. The van der Waals surface area contributed by atoms with Crippen LogP contribution < -0.4 is 19.7 Å². The summed E-state index contributed by atoms with van der Waals surface area (Å²) in [5.74, 6) is 0.384. The molecule has 0 saturated heterocycles. The molecule has 1 aliphatic rings. The van der Waals surface area contributed by atoms with Crippen LogP contribution in [0.5, 0.6) is 11.5 Å². The van der Waals surface area contributed by atoms with Crippen molar-refractivity contribution in [3.8, 4) is 11.5 Å². The average Bonchev–Trinajstić information content (AvgIpc) is 3.22. The van der Waals surface area contributed by atoms with Gasteiger partial charge in [0.25, 0.3) is 0 Å². The molecule has 0 aliphatic carbocycles. The zero-order valence-corrected chi connectivity index (χ0v) is 22.5. The van der Waals surface area contributed by atoms with Crippen molar-refractivity contribution in [2.45, 2.75) is 19.8 Å². The van der Waals surface area contributed by atoms with Crippen LogP contribution in [0.4, 0.5) is 17.1 Å². The normalized spacial score (nSPS) is 14.7. The summed E-state index contributed by atoms with van der Waals surface area (Å²) in [5.41, 5.74) is 4.39. The number of carbonyl (C=O) groups excluding carboxylic acids is 2. The molecule has 8 heteroatoms. The van der Waals surface area contributed by atoms with Crippen LogP contribution in [-0.4, -0.2) is 63.3 Å². The molecule has 1 heterocycles. The predicted octanol–water partition coefficient (Wildman–Crippen LogP) is 4.87. The fourth-order valence-electron chi connectivity index (χ4n) is 4.39. The maximum Gasteiger partial charge on any atom is 0.240 e. The molecule has 198 valence electrons. The zero-order chi connectivity index (χ0) is 27.2. The Morgan fingerprint density at radius 1 is 0.921 bits per heavy atom. The number of nitrogens with one attached hydrogen (secondary N) is 1. The second kappa shape index (κ2) is 11.9. The summed E-state index contributed by atoms with van der Waals surface area (Å²) in [6.45, 7) is 5.10. The third-order valence-electron chi connectivity index (χ3n) is 6.20. The molecule has 8 nitrogen and oxygen atoms in total. The molecular formula is C30H34N4O4. The highest BCUT2D eigenvalue weighted by Crippen LogP contribution is 2.43. The van der Waals surface area contributed by atoms with E-state index in [9.17, 15) is 9.59 Å². The van der Waals surface area contributed by atoms with Crippen LogP contribution in [0.3, 0.4) is 0 Å². The van der Waals surface area contributed by atoms with Gasteiger partial charge in [0.1, 0.15) is 5.92 Å². The summed E-state index contributed by atoms with van der Waals surface area (Å²) in [4.78, 5) is 34.2. The van der Waals surface area contributed by atoms with Crippen LogP contribution in [-0.2, 0) is 9.59 Å². The van der Waals surface area contributed by atoms with Gasteiger partial charge in [0, 0.05) is 24.5 Å². The quantitative estimate of drug-likeness (QED) is 0.391. The van der Waals surface area contributed by atoms with Gasteiger partial charge in [-0.15, -0.1) is 0 Å². The number of aliphatic imine (C=N–C) groups is 1. The largest absolute Gasteiger partial charge is 0.490 e. The molecule has 0 aromatic heterocycles. The summed E-state index contributed by atoms with van der Waals surface area (Å²) in [5, 5.41) is 3.00. The molecule has 0 saturated carbocycles. The molecule has 0 fully saturated rings. The molecule has 1 atom stereocenters. The van der Waals surface area contributed by atoms with Crippen molar-refractivity contribution < 1.29 is 19.1 Å². The molecule has 3 aromatic rings. The van der Waals surface area contributed by atoms with Gasteiger partial charge in [0.05, 0.1) is 31.2 Å². The molecular weight excluding hydrogens is 480 g/mol. The minimum atomic E-state index is -0.633. The number of benzene rings is 3. The van der Waals surface area contributed by atoms with Gasteiger partial charge < -0.3 is 24.6 Å². The second-order valence-electron chi connectivity index (χ2n) is 9.24. The number of amides is 2. The summed E-state index contributed by atoms with van der Waals surface area (Å²) in [7, 11) is 5.48. The van der Waals surface area contributed by atoms with Crippen LogP contribution in [0.2, 0.25) is 0 Å². The first-order valence-corrected chi connectivity index (χ1v) is 12.7. The Morgan fingerprint density at radius 3 is 2.16 bits per heavy atom. The molecule has 0 spiro atoms. The van der Waals surface area contributed by atoms with Crippen molar-refractivity contribution in [2.24, 2.45) is 4.99 Å². The van der Waals surface area contributed by atoms with Gasteiger partial charge in [-0.3, -0.25) is 14.6 Å². The second-order valence-corrected chi connectivity index (χ2v) is 9.24. The van der Waals surface area contributed by atoms with Gasteiger partial charge in [-0.05, 0) is 69.4 Å². The van der Waals surface area contributed by atoms with E-state index in [-0.39, 0.29) is 11.8 Å². The van der Waals surface area contributed by atoms with Crippen molar-refractivity contribution in [2.75, 3.05) is 51.1 Å². The molecule has 1 aliphatic heterocycles. The van der Waals surface area contributed by atoms with E-state index in [1.54, 1.807) is 11.9 Å². The first-order valence-electron chi connectivity index (χ1n) is 12.7. The first kappa shape index (κ1) is 26.9. The van der Waals surface area contributed by atoms with Gasteiger partial charge in [0.15, 0.2) is 11.5 Å². The van der Waals surface area contributed by atoms with E-state index in [0.717, 1.165) is 16.8 Å². The van der Waals surface area contributed by atoms with E-state index in [2.05, 4.69) is 5.32 Å². The summed E-state index contributed by atoms with van der Waals surface area (Å²) in [6.07, 6.45) is 0. The lowest BCUT2D eigenvalue weighted by atomic mass is 9.90. The number of hydrogen-bond donors (Lipinski definition) is 1. The molecule has 1 unspecified atom stereocenters. The maximum absolute atomic E-state index is 13.4. The SMILES string of the molecule is CCOc1cc2c(cc1OCC)C(C(=Nc1ccc(N(C)C(=O)CN(C)C)cc1)c1ccccc1)C(=O)N2. The minimum Gasteiger partial charge on any atom is -0.490 e. The number of ether oxygens (including phenoxy) is 2. The van der Waals surface area contributed by atoms with E-state index >= 15 is 0 Å². The average molecular weight is 515 g/mol. The third kappa shape index (κ3) is 5.86. The monoisotopic (exact) mass is 514 g/mol. The Hall–Kier alpha value is -4.17. The fraction of sp³-hybridized carbons (Fsp3) is 0.300. The Balaban J connectivity index is 1.75. The van der Waals surface area contributed by atoms with Crippen molar-refractivity contribution in [1.29, 1.82) is 0 Å². The van der Waals surface area contributed by atoms with E-state index < -0.39 is 5.92 Å². The molecule has 2 amide bonds. The maximum atomic E-state index is 13.4. The Kier molecular flexibility index (Phi) is 8.43. The molecule has 4 rings (SSSR count). The van der Waals surface area contributed by atoms with E-state index in [1.807, 2.05) is 99.6 Å². The number of hydrogen-bond acceptors (Lipinski definition) is 6.